The predicted octanol–water partition coefficient (Wildman–Crippen LogP) is 0.545. The van der Waals surface area contributed by atoms with Crippen LogP contribution in [0.1, 0.15) is 22.2 Å². The molecule has 0 saturated carbocycles. The van der Waals surface area contributed by atoms with E-state index < -0.39 is 6.10 Å². The molecule has 1 rings (SSSR count). The van der Waals surface area contributed by atoms with Crippen molar-refractivity contribution in [3.63, 3.8) is 0 Å². The molecule has 0 aliphatic carbocycles. The summed E-state index contributed by atoms with van der Waals surface area (Å²) in [5.74, 6) is 5.14. The smallest absolute Gasteiger partial charge is 0.254 e. The SMILES string of the molecule is CC(O)CN(C)C(=O)c1csc(C#CCO)c1. The summed E-state index contributed by atoms with van der Waals surface area (Å²) in [5.41, 5.74) is 0.556. The van der Waals surface area contributed by atoms with Crippen LogP contribution in [-0.4, -0.2) is 47.3 Å². The van der Waals surface area contributed by atoms with Gasteiger partial charge in [0.2, 0.25) is 0 Å². The van der Waals surface area contributed by atoms with Crippen LogP contribution in [0.3, 0.4) is 0 Å². The van der Waals surface area contributed by atoms with E-state index in [-0.39, 0.29) is 12.5 Å². The molecule has 2 N–H and O–H groups in total. The predicted molar refractivity (Wildman–Crippen MR) is 66.9 cm³/mol. The van der Waals surface area contributed by atoms with Gasteiger partial charge in [-0.2, -0.15) is 0 Å². The molecule has 4 nitrogen and oxygen atoms in total. The van der Waals surface area contributed by atoms with Crippen LogP contribution >= 0.6 is 11.3 Å². The van der Waals surface area contributed by atoms with Crippen LogP contribution in [0, 0.1) is 11.8 Å². The van der Waals surface area contributed by atoms with Gasteiger partial charge >= 0.3 is 0 Å². The first-order valence-corrected chi connectivity index (χ1v) is 6.04. The Labute approximate surface area is 105 Å². The van der Waals surface area contributed by atoms with Gasteiger partial charge in [0.15, 0.2) is 0 Å². The maximum absolute atomic E-state index is 11.9. The van der Waals surface area contributed by atoms with Crippen LogP contribution < -0.4 is 0 Å². The fourth-order valence-electron chi connectivity index (χ4n) is 1.34. The molecule has 1 atom stereocenters. The minimum absolute atomic E-state index is 0.140. The molecule has 0 aliphatic heterocycles. The number of carbonyl (C=O) groups is 1. The Kier molecular flexibility index (Phi) is 5.16. The van der Waals surface area contributed by atoms with E-state index in [1.807, 2.05) is 0 Å². The number of nitrogens with zero attached hydrogens (tertiary/aromatic N) is 1. The number of likely N-dealkylation sites (N-methyl/N-ethyl adjacent to an activating group) is 1. The lowest BCUT2D eigenvalue weighted by atomic mass is 10.2. The summed E-state index contributed by atoms with van der Waals surface area (Å²) in [4.78, 5) is 14.1. The summed E-state index contributed by atoms with van der Waals surface area (Å²) in [6, 6.07) is 1.69. The van der Waals surface area contributed by atoms with Crippen LogP contribution in [0.15, 0.2) is 11.4 Å². The zero-order valence-electron chi connectivity index (χ0n) is 9.80. The van der Waals surface area contributed by atoms with Gasteiger partial charge in [0.05, 0.1) is 16.5 Å². The Bertz CT molecular complexity index is 442. The van der Waals surface area contributed by atoms with E-state index in [0.717, 1.165) is 4.88 Å². The largest absolute Gasteiger partial charge is 0.392 e. The number of rotatable bonds is 3. The first kappa shape index (κ1) is 13.7. The average molecular weight is 253 g/mol. The molecule has 1 unspecified atom stereocenters. The maximum Gasteiger partial charge on any atom is 0.254 e. The third-order valence-corrected chi connectivity index (χ3v) is 2.87. The van der Waals surface area contributed by atoms with Crippen molar-refractivity contribution < 1.29 is 15.0 Å². The topological polar surface area (TPSA) is 60.8 Å². The summed E-state index contributed by atoms with van der Waals surface area (Å²) < 4.78 is 0. The van der Waals surface area contributed by atoms with Crippen LogP contribution in [0.25, 0.3) is 0 Å². The van der Waals surface area contributed by atoms with Gasteiger partial charge in [0.1, 0.15) is 6.61 Å². The van der Waals surface area contributed by atoms with Crippen LogP contribution in [-0.2, 0) is 0 Å². The highest BCUT2D eigenvalue weighted by Crippen LogP contribution is 2.15. The maximum atomic E-state index is 11.9. The molecule has 0 aromatic carbocycles. The molecule has 1 aromatic heterocycles. The summed E-state index contributed by atoms with van der Waals surface area (Å²) in [5, 5.41) is 19.5. The van der Waals surface area contributed by atoms with E-state index >= 15 is 0 Å². The highest BCUT2D eigenvalue weighted by atomic mass is 32.1. The Morgan fingerprint density at radius 1 is 1.65 bits per heavy atom. The van der Waals surface area contributed by atoms with Gasteiger partial charge < -0.3 is 15.1 Å². The lowest BCUT2D eigenvalue weighted by molar-refractivity contribution is 0.0704. The number of hydrogen-bond donors (Lipinski definition) is 2. The van der Waals surface area contributed by atoms with Gasteiger partial charge in [0.25, 0.3) is 5.91 Å². The van der Waals surface area contributed by atoms with Crippen LogP contribution in [0.2, 0.25) is 0 Å². The van der Waals surface area contributed by atoms with Gasteiger partial charge in [0, 0.05) is 19.0 Å². The Hall–Kier alpha value is -1.35. The van der Waals surface area contributed by atoms with Gasteiger partial charge in [-0.1, -0.05) is 11.8 Å². The lowest BCUT2D eigenvalue weighted by Gasteiger charge is -2.17. The molecule has 1 aromatic rings. The first-order valence-electron chi connectivity index (χ1n) is 5.16. The second-order valence-electron chi connectivity index (χ2n) is 3.69. The van der Waals surface area contributed by atoms with Crippen molar-refractivity contribution in [2.45, 2.75) is 13.0 Å². The van der Waals surface area contributed by atoms with E-state index in [4.69, 9.17) is 5.11 Å². The molecule has 0 radical (unpaired) electrons. The van der Waals surface area contributed by atoms with Gasteiger partial charge in [-0.05, 0) is 13.0 Å². The average Bonchev–Trinajstić information content (AvgIpc) is 2.72. The lowest BCUT2D eigenvalue weighted by Crippen LogP contribution is -2.32. The normalized spacial score (nSPS) is 11.5. The number of hydrogen-bond acceptors (Lipinski definition) is 4. The van der Waals surface area contributed by atoms with Crippen molar-refractivity contribution in [1.29, 1.82) is 0 Å². The monoisotopic (exact) mass is 253 g/mol. The van der Waals surface area contributed by atoms with Crippen molar-refractivity contribution in [2.75, 3.05) is 20.2 Å². The summed E-state index contributed by atoms with van der Waals surface area (Å²) >= 11 is 1.36. The second-order valence-corrected chi connectivity index (χ2v) is 4.61. The zero-order valence-corrected chi connectivity index (χ0v) is 10.6. The molecule has 0 saturated heterocycles. The first-order chi connectivity index (χ1) is 8.04. The third kappa shape index (κ3) is 4.19. The number of aliphatic hydroxyl groups is 2. The van der Waals surface area contributed by atoms with Gasteiger partial charge in [-0.15, -0.1) is 11.3 Å². The van der Waals surface area contributed by atoms with E-state index in [1.165, 1.54) is 16.2 Å². The van der Waals surface area contributed by atoms with Gasteiger partial charge in [-0.3, -0.25) is 4.79 Å². The Morgan fingerprint density at radius 3 is 2.94 bits per heavy atom. The standard InChI is InChI=1S/C12H15NO3S/c1-9(15)7-13(2)12(16)10-6-11(17-8-10)4-3-5-14/h6,8-9,14-15H,5,7H2,1-2H3. The van der Waals surface area contributed by atoms with E-state index in [9.17, 15) is 9.90 Å². The Balaban J connectivity index is 2.72. The van der Waals surface area contributed by atoms with Crippen LogP contribution in [0.4, 0.5) is 0 Å². The van der Waals surface area contributed by atoms with Crippen molar-refractivity contribution >= 4 is 17.2 Å². The van der Waals surface area contributed by atoms with Crippen molar-refractivity contribution in [2.24, 2.45) is 0 Å². The van der Waals surface area contributed by atoms with Crippen molar-refractivity contribution in [3.8, 4) is 11.8 Å². The minimum atomic E-state index is -0.545. The molecule has 0 bridgehead atoms. The van der Waals surface area contributed by atoms with Crippen LogP contribution in [0.5, 0.6) is 0 Å². The van der Waals surface area contributed by atoms with Gasteiger partial charge in [-0.25, -0.2) is 0 Å². The molecule has 0 spiro atoms. The van der Waals surface area contributed by atoms with Crippen molar-refractivity contribution in [3.05, 3.63) is 21.9 Å². The quantitative estimate of drug-likeness (QED) is 0.773. The summed E-state index contributed by atoms with van der Waals surface area (Å²) in [7, 11) is 1.64. The number of carbonyl (C=O) groups excluding carboxylic acids is 1. The summed E-state index contributed by atoms with van der Waals surface area (Å²) in [6.07, 6.45) is -0.545. The molecular weight excluding hydrogens is 238 g/mol. The van der Waals surface area contributed by atoms with E-state index in [2.05, 4.69) is 11.8 Å². The minimum Gasteiger partial charge on any atom is -0.392 e. The number of aliphatic hydroxyl groups excluding tert-OH is 2. The van der Waals surface area contributed by atoms with E-state index in [1.54, 1.807) is 25.4 Å². The number of thiophene rings is 1. The molecular formula is C12H15NO3S. The third-order valence-electron chi connectivity index (χ3n) is 2.02. The molecule has 1 heterocycles. The Morgan fingerprint density at radius 2 is 2.35 bits per heavy atom. The van der Waals surface area contributed by atoms with Crippen molar-refractivity contribution in [1.82, 2.24) is 4.90 Å². The number of amides is 1. The zero-order chi connectivity index (χ0) is 12.8. The molecule has 0 fully saturated rings. The summed E-state index contributed by atoms with van der Waals surface area (Å²) in [6.45, 7) is 1.74. The highest BCUT2D eigenvalue weighted by molar-refractivity contribution is 7.10. The fraction of sp³-hybridized carbons (Fsp3) is 0.417. The molecule has 1 amide bonds. The van der Waals surface area contributed by atoms with E-state index in [0.29, 0.717) is 12.1 Å². The molecule has 92 valence electrons. The highest BCUT2D eigenvalue weighted by Gasteiger charge is 2.14. The second kappa shape index (κ2) is 6.40. The molecule has 5 heteroatoms. The fourth-order valence-corrected chi connectivity index (χ4v) is 2.09. The molecule has 17 heavy (non-hydrogen) atoms. The molecule has 0 aliphatic rings.